The molecule has 0 saturated heterocycles. The van der Waals surface area contributed by atoms with Crippen LogP contribution >= 0.6 is 0 Å². The number of sulfonamides is 1. The van der Waals surface area contributed by atoms with Gasteiger partial charge in [-0.3, -0.25) is 0 Å². The van der Waals surface area contributed by atoms with E-state index in [-0.39, 0.29) is 11.0 Å². The minimum atomic E-state index is -3.56. The molecule has 6 heteroatoms. The van der Waals surface area contributed by atoms with Crippen LogP contribution in [0, 0.1) is 6.92 Å². The van der Waals surface area contributed by atoms with Crippen LogP contribution in [-0.2, 0) is 16.6 Å². The molecule has 0 radical (unpaired) electrons. The summed E-state index contributed by atoms with van der Waals surface area (Å²) >= 11 is 0. The molecule has 0 atom stereocenters. The molecule has 1 aromatic heterocycles. The van der Waals surface area contributed by atoms with Gasteiger partial charge in [-0.25, -0.2) is 8.42 Å². The van der Waals surface area contributed by atoms with E-state index in [1.807, 2.05) is 27.7 Å². The van der Waals surface area contributed by atoms with E-state index >= 15 is 0 Å². The van der Waals surface area contributed by atoms with Crippen molar-refractivity contribution in [1.29, 1.82) is 0 Å². The predicted octanol–water partition coefficient (Wildman–Crippen LogP) is 3.59. The minimum Gasteiger partial charge on any atom is -0.491 e. The van der Waals surface area contributed by atoms with Crippen LogP contribution in [0.15, 0.2) is 46.1 Å². The summed E-state index contributed by atoms with van der Waals surface area (Å²) in [6.45, 7) is 8.22. The van der Waals surface area contributed by atoms with Gasteiger partial charge in [-0.1, -0.05) is 6.92 Å². The highest BCUT2D eigenvalue weighted by atomic mass is 32.2. The molecule has 0 aliphatic heterocycles. The van der Waals surface area contributed by atoms with Crippen LogP contribution < -0.4 is 4.74 Å². The summed E-state index contributed by atoms with van der Waals surface area (Å²) < 4.78 is 37.8. The van der Waals surface area contributed by atoms with Gasteiger partial charge < -0.3 is 9.15 Å². The molecule has 5 nitrogen and oxygen atoms in total. The van der Waals surface area contributed by atoms with Crippen LogP contribution in [0.2, 0.25) is 0 Å². The Kier molecular flexibility index (Phi) is 5.49. The third-order valence-corrected chi connectivity index (χ3v) is 5.36. The topological polar surface area (TPSA) is 59.8 Å². The molecule has 0 N–H and O–H groups in total. The van der Waals surface area contributed by atoms with Gasteiger partial charge in [0.25, 0.3) is 0 Å². The molecule has 0 aliphatic carbocycles. The SMILES string of the molecule is CCN(Cc1ccoc1)S(=O)(=O)c1ccc(OC(C)C)c(C)c1. The molecule has 0 bridgehead atoms. The van der Waals surface area contributed by atoms with Crippen LogP contribution in [-0.4, -0.2) is 25.4 Å². The molecule has 0 unspecified atom stereocenters. The molecule has 1 heterocycles. The first-order valence-corrected chi connectivity index (χ1v) is 9.07. The summed E-state index contributed by atoms with van der Waals surface area (Å²) in [6.07, 6.45) is 3.14. The summed E-state index contributed by atoms with van der Waals surface area (Å²) in [7, 11) is -3.56. The normalized spacial score (nSPS) is 12.1. The van der Waals surface area contributed by atoms with E-state index in [0.29, 0.717) is 18.8 Å². The molecule has 0 fully saturated rings. The van der Waals surface area contributed by atoms with Crippen LogP contribution in [0.4, 0.5) is 0 Å². The molecule has 0 aliphatic rings. The van der Waals surface area contributed by atoms with Crippen LogP contribution in [0.5, 0.6) is 5.75 Å². The third kappa shape index (κ3) is 4.14. The average molecular weight is 337 g/mol. The highest BCUT2D eigenvalue weighted by Crippen LogP contribution is 2.25. The third-order valence-electron chi connectivity index (χ3n) is 3.44. The van der Waals surface area contributed by atoms with Crippen molar-refractivity contribution in [3.8, 4) is 5.75 Å². The molecule has 2 aromatic rings. The lowest BCUT2D eigenvalue weighted by Gasteiger charge is -2.21. The van der Waals surface area contributed by atoms with E-state index in [9.17, 15) is 8.42 Å². The number of benzene rings is 1. The number of hydrogen-bond donors (Lipinski definition) is 0. The van der Waals surface area contributed by atoms with Crippen molar-refractivity contribution in [3.63, 3.8) is 0 Å². The van der Waals surface area contributed by atoms with E-state index in [1.54, 1.807) is 30.5 Å². The highest BCUT2D eigenvalue weighted by molar-refractivity contribution is 7.89. The summed E-state index contributed by atoms with van der Waals surface area (Å²) in [5, 5.41) is 0. The molecule has 0 amide bonds. The van der Waals surface area contributed by atoms with Crippen LogP contribution in [0.1, 0.15) is 31.9 Å². The van der Waals surface area contributed by atoms with Crippen molar-refractivity contribution in [2.45, 2.75) is 45.2 Å². The largest absolute Gasteiger partial charge is 0.491 e. The Morgan fingerprint density at radius 3 is 2.52 bits per heavy atom. The molecular weight excluding hydrogens is 314 g/mol. The quantitative estimate of drug-likeness (QED) is 0.775. The molecule has 0 saturated carbocycles. The molecule has 126 valence electrons. The lowest BCUT2D eigenvalue weighted by atomic mass is 10.2. The summed E-state index contributed by atoms with van der Waals surface area (Å²) in [6, 6.07) is 6.74. The monoisotopic (exact) mass is 337 g/mol. The van der Waals surface area contributed by atoms with E-state index < -0.39 is 10.0 Å². The van der Waals surface area contributed by atoms with Crippen molar-refractivity contribution in [2.75, 3.05) is 6.54 Å². The number of aryl methyl sites for hydroxylation is 1. The second-order valence-electron chi connectivity index (χ2n) is 5.66. The molecule has 0 spiro atoms. The maximum atomic E-state index is 12.8. The van der Waals surface area contributed by atoms with Gasteiger partial charge >= 0.3 is 0 Å². The van der Waals surface area contributed by atoms with Crippen molar-refractivity contribution in [1.82, 2.24) is 4.31 Å². The van der Waals surface area contributed by atoms with Crippen molar-refractivity contribution in [2.24, 2.45) is 0 Å². The Labute approximate surface area is 137 Å². The van der Waals surface area contributed by atoms with E-state index in [2.05, 4.69) is 0 Å². The fraction of sp³-hybridized carbons (Fsp3) is 0.412. The van der Waals surface area contributed by atoms with Crippen LogP contribution in [0.3, 0.4) is 0 Å². The second kappa shape index (κ2) is 7.19. The van der Waals surface area contributed by atoms with Gasteiger partial charge in [0, 0.05) is 18.7 Å². The number of hydrogen-bond acceptors (Lipinski definition) is 4. The molecular formula is C17H23NO4S. The van der Waals surface area contributed by atoms with E-state index in [0.717, 1.165) is 11.1 Å². The predicted molar refractivity (Wildman–Crippen MR) is 88.9 cm³/mol. The minimum absolute atomic E-state index is 0.0457. The zero-order valence-corrected chi connectivity index (χ0v) is 14.8. The smallest absolute Gasteiger partial charge is 0.243 e. The Morgan fingerprint density at radius 1 is 1.26 bits per heavy atom. The van der Waals surface area contributed by atoms with Gasteiger partial charge in [0.1, 0.15) is 5.75 Å². The van der Waals surface area contributed by atoms with Gasteiger partial charge in [0.2, 0.25) is 10.0 Å². The maximum absolute atomic E-state index is 12.8. The highest BCUT2D eigenvalue weighted by Gasteiger charge is 2.24. The van der Waals surface area contributed by atoms with E-state index in [1.165, 1.54) is 10.6 Å². The zero-order chi connectivity index (χ0) is 17.0. The number of nitrogens with zero attached hydrogens (tertiary/aromatic N) is 1. The van der Waals surface area contributed by atoms with Gasteiger partial charge in [-0.15, -0.1) is 0 Å². The summed E-state index contributed by atoms with van der Waals surface area (Å²) in [5.41, 5.74) is 1.63. The molecule has 1 aromatic carbocycles. The van der Waals surface area contributed by atoms with Gasteiger partial charge in [0.15, 0.2) is 0 Å². The number of furan rings is 1. The fourth-order valence-corrected chi connectivity index (χ4v) is 3.79. The fourth-order valence-electron chi connectivity index (χ4n) is 2.27. The van der Waals surface area contributed by atoms with Gasteiger partial charge in [0.05, 0.1) is 23.5 Å². The standard InChI is InChI=1S/C17H23NO4S/c1-5-18(11-15-8-9-21-12-15)23(19,20)16-6-7-17(14(4)10-16)22-13(2)3/h6-10,12-13H,5,11H2,1-4H3. The molecule has 2 rings (SSSR count). The number of ether oxygens (including phenoxy) is 1. The first kappa shape index (κ1) is 17.6. The second-order valence-corrected chi connectivity index (χ2v) is 7.59. The zero-order valence-electron chi connectivity index (χ0n) is 13.9. The first-order valence-electron chi connectivity index (χ1n) is 7.63. The van der Waals surface area contributed by atoms with Gasteiger partial charge in [-0.2, -0.15) is 4.31 Å². The van der Waals surface area contributed by atoms with E-state index in [4.69, 9.17) is 9.15 Å². The van der Waals surface area contributed by atoms with Crippen molar-refractivity contribution < 1.29 is 17.6 Å². The van der Waals surface area contributed by atoms with Crippen LogP contribution in [0.25, 0.3) is 0 Å². The summed E-state index contributed by atoms with van der Waals surface area (Å²) in [5.74, 6) is 0.705. The Balaban J connectivity index is 2.28. The average Bonchev–Trinajstić information content (AvgIpc) is 2.99. The Morgan fingerprint density at radius 2 is 2.00 bits per heavy atom. The lowest BCUT2D eigenvalue weighted by Crippen LogP contribution is -2.30. The van der Waals surface area contributed by atoms with Crippen molar-refractivity contribution in [3.05, 3.63) is 47.9 Å². The lowest BCUT2D eigenvalue weighted by molar-refractivity contribution is 0.240. The molecule has 23 heavy (non-hydrogen) atoms. The number of rotatable bonds is 7. The van der Waals surface area contributed by atoms with Gasteiger partial charge in [-0.05, 0) is 50.6 Å². The van der Waals surface area contributed by atoms with Crippen molar-refractivity contribution >= 4 is 10.0 Å². The maximum Gasteiger partial charge on any atom is 0.243 e. The Bertz CT molecular complexity index is 736. The first-order chi connectivity index (χ1) is 10.8. The Hall–Kier alpha value is -1.79. The summed E-state index contributed by atoms with van der Waals surface area (Å²) in [4.78, 5) is 0.274.